The molecule has 0 radical (unpaired) electrons. The van der Waals surface area contributed by atoms with Gasteiger partial charge >= 0.3 is 0 Å². The fourth-order valence-corrected chi connectivity index (χ4v) is 7.94. The van der Waals surface area contributed by atoms with Crippen LogP contribution in [-0.2, 0) is 4.74 Å². The smallest absolute Gasteiger partial charge is 0.118 e. The van der Waals surface area contributed by atoms with E-state index in [1.807, 2.05) is 0 Å². The fourth-order valence-electron chi connectivity index (χ4n) is 6.51. The summed E-state index contributed by atoms with van der Waals surface area (Å²) in [6, 6.07) is 0.926. The zero-order valence-electron chi connectivity index (χ0n) is 25.5. The summed E-state index contributed by atoms with van der Waals surface area (Å²) in [5.41, 5.74) is 1.27. The maximum atomic E-state index is 5.99. The van der Waals surface area contributed by atoms with Crippen LogP contribution in [0, 0.1) is 11.8 Å². The van der Waals surface area contributed by atoms with Crippen LogP contribution in [0.4, 0.5) is 0 Å². The highest BCUT2D eigenvalue weighted by atomic mass is 32.2. The first kappa shape index (κ1) is 30.1. The van der Waals surface area contributed by atoms with E-state index in [1.165, 1.54) is 43.0 Å². The minimum absolute atomic E-state index is 0.00207. The molecule has 4 rings (SSSR count). The van der Waals surface area contributed by atoms with Crippen LogP contribution < -0.4 is 10.6 Å². The number of allylic oxidation sites excluding steroid dienone is 3. The lowest BCUT2D eigenvalue weighted by Crippen LogP contribution is -2.52. The van der Waals surface area contributed by atoms with Crippen molar-refractivity contribution in [2.45, 2.75) is 116 Å². The van der Waals surface area contributed by atoms with E-state index >= 15 is 0 Å². The number of unbranched alkanes of at least 4 members (excludes halogenated alkanes) is 2. The molecule has 3 aliphatic heterocycles. The Labute approximate surface area is 237 Å². The number of likely N-dealkylation sites (N-methyl/N-ethyl adjacent to an activating group) is 1. The molecule has 0 aromatic carbocycles. The Morgan fingerprint density at radius 3 is 2.61 bits per heavy atom. The average molecular weight is 546 g/mol. The molecule has 216 valence electrons. The van der Waals surface area contributed by atoms with Gasteiger partial charge in [-0.2, -0.15) is 0 Å². The second-order valence-electron chi connectivity index (χ2n) is 13.1. The number of fused-ring (bicyclic) bond motifs is 1. The minimum Gasteiger partial charge on any atom is -0.493 e. The van der Waals surface area contributed by atoms with E-state index in [0.717, 1.165) is 44.8 Å². The van der Waals surface area contributed by atoms with Gasteiger partial charge in [0, 0.05) is 49.9 Å². The Kier molecular flexibility index (Phi) is 10.1. The molecule has 3 heterocycles. The largest absolute Gasteiger partial charge is 0.493 e. The maximum absolute atomic E-state index is 5.99. The predicted molar refractivity (Wildman–Crippen MR) is 164 cm³/mol. The van der Waals surface area contributed by atoms with Gasteiger partial charge in [0.15, 0.2) is 0 Å². The summed E-state index contributed by atoms with van der Waals surface area (Å²) in [6.45, 7) is 21.6. The zero-order chi connectivity index (χ0) is 27.5. The van der Waals surface area contributed by atoms with Crippen molar-refractivity contribution in [1.82, 2.24) is 20.4 Å². The second-order valence-corrected chi connectivity index (χ2v) is 14.4. The topological polar surface area (TPSA) is 51.9 Å². The van der Waals surface area contributed by atoms with E-state index in [1.54, 1.807) is 0 Å². The summed E-state index contributed by atoms with van der Waals surface area (Å²) in [5, 5.41) is 9.28. The zero-order valence-corrected chi connectivity index (χ0v) is 26.3. The molecule has 3 saturated heterocycles. The quantitative estimate of drug-likeness (QED) is 0.161. The Hall–Kier alpha value is -0.860. The van der Waals surface area contributed by atoms with Crippen LogP contribution in [0.2, 0.25) is 0 Å². The molecule has 6 nitrogen and oxygen atoms in total. The number of aliphatic imine (C=N–C) groups is 1. The van der Waals surface area contributed by atoms with Crippen molar-refractivity contribution in [1.29, 1.82) is 0 Å². The first-order chi connectivity index (χ1) is 18.0. The Balaban J connectivity index is 1.56. The first-order valence-corrected chi connectivity index (χ1v) is 16.1. The van der Waals surface area contributed by atoms with Gasteiger partial charge in [-0.15, -0.1) is 11.8 Å². The monoisotopic (exact) mass is 545 g/mol. The van der Waals surface area contributed by atoms with Gasteiger partial charge in [0.1, 0.15) is 5.76 Å². The van der Waals surface area contributed by atoms with Gasteiger partial charge < -0.3 is 10.1 Å². The summed E-state index contributed by atoms with van der Waals surface area (Å²) in [4.78, 5) is 10.8. The molecule has 0 aromatic heterocycles. The third-order valence-corrected chi connectivity index (χ3v) is 10.9. The molecule has 3 fully saturated rings. The van der Waals surface area contributed by atoms with E-state index in [2.05, 4.69) is 99.9 Å². The highest BCUT2D eigenvalue weighted by molar-refractivity contribution is 8.14. The summed E-state index contributed by atoms with van der Waals surface area (Å²) >= 11 is 2.07. The lowest BCUT2D eigenvalue weighted by molar-refractivity contribution is 0.155. The molecule has 7 heteroatoms. The second kappa shape index (κ2) is 12.8. The van der Waals surface area contributed by atoms with Crippen molar-refractivity contribution < 1.29 is 4.74 Å². The SMILES string of the molecule is CC(C)NCCCCCC(=NC1(C)CC(C)(N2CC2)NCN(C)C1C)SC1C(C)C=C2CCOC2=CC1C. The van der Waals surface area contributed by atoms with Crippen molar-refractivity contribution in [2.75, 3.05) is 40.0 Å². The minimum atomic E-state index is -0.148. The third-order valence-electron chi connectivity index (χ3n) is 9.25. The van der Waals surface area contributed by atoms with E-state index in [9.17, 15) is 0 Å². The lowest BCUT2D eigenvalue weighted by Gasteiger charge is -2.40. The number of hydrogen-bond acceptors (Lipinski definition) is 7. The first-order valence-electron chi connectivity index (χ1n) is 15.3. The number of rotatable bonds is 10. The molecule has 6 atom stereocenters. The summed E-state index contributed by atoms with van der Waals surface area (Å²) in [6.07, 6.45) is 11.7. The Bertz CT molecular complexity index is 873. The number of hydrogen-bond donors (Lipinski definition) is 2. The van der Waals surface area contributed by atoms with E-state index < -0.39 is 0 Å². The number of thioether (sulfide) groups is 1. The van der Waals surface area contributed by atoms with E-state index in [4.69, 9.17) is 9.73 Å². The van der Waals surface area contributed by atoms with E-state index in [-0.39, 0.29) is 11.2 Å². The van der Waals surface area contributed by atoms with Crippen molar-refractivity contribution in [2.24, 2.45) is 16.8 Å². The number of ether oxygens (including phenoxy) is 1. The molecule has 0 amide bonds. The number of nitrogens with one attached hydrogen (secondary N) is 2. The molecule has 1 aliphatic carbocycles. The Morgan fingerprint density at radius 1 is 1.16 bits per heavy atom. The van der Waals surface area contributed by atoms with Crippen molar-refractivity contribution >= 4 is 16.8 Å². The molecular weight excluding hydrogens is 490 g/mol. The molecule has 38 heavy (non-hydrogen) atoms. The van der Waals surface area contributed by atoms with Crippen molar-refractivity contribution in [3.05, 3.63) is 23.5 Å². The van der Waals surface area contributed by atoms with Crippen LogP contribution in [0.25, 0.3) is 0 Å². The fraction of sp³-hybridized carbons (Fsp3) is 0.839. The van der Waals surface area contributed by atoms with Crippen LogP contribution in [0.5, 0.6) is 0 Å². The van der Waals surface area contributed by atoms with Gasteiger partial charge in [0.25, 0.3) is 0 Å². The Morgan fingerprint density at radius 2 is 1.89 bits per heavy atom. The van der Waals surface area contributed by atoms with Crippen LogP contribution >= 0.6 is 11.8 Å². The van der Waals surface area contributed by atoms with Crippen LogP contribution in [0.15, 0.2) is 28.5 Å². The van der Waals surface area contributed by atoms with E-state index in [0.29, 0.717) is 29.2 Å². The summed E-state index contributed by atoms with van der Waals surface area (Å²) in [7, 11) is 2.25. The van der Waals surface area contributed by atoms with Crippen molar-refractivity contribution in [3.63, 3.8) is 0 Å². The highest BCUT2D eigenvalue weighted by Crippen LogP contribution is 2.41. The van der Waals surface area contributed by atoms with Gasteiger partial charge in [0.2, 0.25) is 0 Å². The van der Waals surface area contributed by atoms with Gasteiger partial charge in [0.05, 0.1) is 22.9 Å². The number of nitrogens with zero attached hydrogens (tertiary/aromatic N) is 3. The normalized spacial score (nSPS) is 36.8. The van der Waals surface area contributed by atoms with Crippen LogP contribution in [0.3, 0.4) is 0 Å². The van der Waals surface area contributed by atoms with Gasteiger partial charge in [-0.05, 0) is 77.1 Å². The summed E-state index contributed by atoms with van der Waals surface area (Å²) in [5.74, 6) is 2.08. The van der Waals surface area contributed by atoms with Crippen molar-refractivity contribution in [3.8, 4) is 0 Å². The highest BCUT2D eigenvalue weighted by Gasteiger charge is 2.49. The average Bonchev–Trinajstić information content (AvgIpc) is 3.66. The van der Waals surface area contributed by atoms with Gasteiger partial charge in [-0.1, -0.05) is 40.2 Å². The molecule has 6 unspecified atom stereocenters. The standard InChI is InChI=1S/C31H55N5OS/c1-22(2)32-14-11-9-10-12-28(38-29-23(3)18-26-13-17-37-27(26)19-24(29)4)34-30(6)20-31(7,36-15-16-36)33-21-35(8)25(30)5/h18-19,22-25,29,32-33H,9-17,20-21H2,1-8H3. The molecule has 0 aromatic rings. The lowest BCUT2D eigenvalue weighted by atomic mass is 9.84. The predicted octanol–water partition coefficient (Wildman–Crippen LogP) is 5.62. The molecule has 0 bridgehead atoms. The maximum Gasteiger partial charge on any atom is 0.118 e. The third kappa shape index (κ3) is 7.45. The van der Waals surface area contributed by atoms with Crippen LogP contribution in [-0.4, -0.2) is 83.3 Å². The molecule has 4 aliphatic rings. The molecule has 0 saturated carbocycles. The molecule has 2 N–H and O–H groups in total. The molecule has 0 spiro atoms. The van der Waals surface area contributed by atoms with Crippen LogP contribution in [0.1, 0.15) is 87.0 Å². The summed E-state index contributed by atoms with van der Waals surface area (Å²) < 4.78 is 5.99. The van der Waals surface area contributed by atoms with Gasteiger partial charge in [-0.25, -0.2) is 0 Å². The van der Waals surface area contributed by atoms with Gasteiger partial charge in [-0.3, -0.25) is 20.1 Å². The molecular formula is C31H55N5OS.